The van der Waals surface area contributed by atoms with Crippen molar-refractivity contribution in [1.29, 1.82) is 0 Å². The van der Waals surface area contributed by atoms with E-state index in [0.29, 0.717) is 6.61 Å². The summed E-state index contributed by atoms with van der Waals surface area (Å²) in [7, 11) is 3.75. The molecule has 1 atom stereocenters. The summed E-state index contributed by atoms with van der Waals surface area (Å²) >= 11 is 0. The molecular formula is C17H27N7O. The number of rotatable bonds is 5. The van der Waals surface area contributed by atoms with Crippen LogP contribution in [0.3, 0.4) is 0 Å². The average Bonchev–Trinajstić information content (AvgIpc) is 3.23. The van der Waals surface area contributed by atoms with Crippen LogP contribution < -0.4 is 5.32 Å². The van der Waals surface area contributed by atoms with Gasteiger partial charge in [0.05, 0.1) is 25.5 Å². The number of aliphatic imine (C=N–C) groups is 1. The maximum Gasteiger partial charge on any atom is 0.193 e. The van der Waals surface area contributed by atoms with Crippen LogP contribution in [0.15, 0.2) is 29.8 Å². The minimum atomic E-state index is 0.0352. The van der Waals surface area contributed by atoms with E-state index in [1.165, 1.54) is 5.56 Å². The van der Waals surface area contributed by atoms with Gasteiger partial charge in [0.15, 0.2) is 5.96 Å². The summed E-state index contributed by atoms with van der Waals surface area (Å²) < 4.78 is 9.69. The molecule has 2 aromatic rings. The summed E-state index contributed by atoms with van der Waals surface area (Å²) in [6.45, 7) is 6.13. The van der Waals surface area contributed by atoms with E-state index in [1.54, 1.807) is 0 Å². The number of guanidine groups is 1. The van der Waals surface area contributed by atoms with E-state index < -0.39 is 0 Å². The van der Waals surface area contributed by atoms with E-state index in [0.717, 1.165) is 44.1 Å². The van der Waals surface area contributed by atoms with Crippen molar-refractivity contribution >= 4 is 5.96 Å². The van der Waals surface area contributed by atoms with Gasteiger partial charge in [0.1, 0.15) is 6.10 Å². The predicted octanol–water partition coefficient (Wildman–Crippen LogP) is 0.964. The summed E-state index contributed by atoms with van der Waals surface area (Å²) in [6, 6.07) is 0. The largest absolute Gasteiger partial charge is 0.370 e. The molecule has 0 aliphatic carbocycles. The van der Waals surface area contributed by atoms with Gasteiger partial charge < -0.3 is 15.0 Å². The van der Waals surface area contributed by atoms with Crippen molar-refractivity contribution in [3.8, 4) is 0 Å². The molecule has 0 amide bonds. The normalized spacial score (nSPS) is 18.6. The Bertz CT molecular complexity index is 705. The van der Waals surface area contributed by atoms with E-state index in [2.05, 4.69) is 38.5 Å². The molecule has 0 radical (unpaired) electrons. The van der Waals surface area contributed by atoms with Gasteiger partial charge in [0, 0.05) is 51.7 Å². The van der Waals surface area contributed by atoms with Crippen LogP contribution in [0.2, 0.25) is 0 Å². The van der Waals surface area contributed by atoms with E-state index in [1.807, 2.05) is 42.0 Å². The monoisotopic (exact) mass is 345 g/mol. The second kappa shape index (κ2) is 8.15. The molecule has 1 aliphatic heterocycles. The van der Waals surface area contributed by atoms with Crippen LogP contribution in [0, 0.1) is 6.92 Å². The van der Waals surface area contributed by atoms with Gasteiger partial charge in [-0.1, -0.05) is 0 Å². The first-order chi connectivity index (χ1) is 12.2. The lowest BCUT2D eigenvalue weighted by molar-refractivity contribution is -0.00802. The third kappa shape index (κ3) is 4.60. The van der Waals surface area contributed by atoms with E-state index in [9.17, 15) is 0 Å². The maximum absolute atomic E-state index is 5.90. The third-order valence-electron chi connectivity index (χ3n) is 4.28. The van der Waals surface area contributed by atoms with Crippen LogP contribution in [0.1, 0.15) is 23.7 Å². The minimum Gasteiger partial charge on any atom is -0.370 e. The number of aryl methyl sites for hydroxylation is 3. The molecule has 1 fully saturated rings. The van der Waals surface area contributed by atoms with Crippen LogP contribution in [-0.4, -0.2) is 63.7 Å². The van der Waals surface area contributed by atoms with Gasteiger partial charge >= 0.3 is 0 Å². The van der Waals surface area contributed by atoms with Crippen molar-refractivity contribution < 1.29 is 4.74 Å². The Balaban J connectivity index is 1.48. The van der Waals surface area contributed by atoms with Gasteiger partial charge in [0.25, 0.3) is 0 Å². The molecular weight excluding hydrogens is 318 g/mol. The van der Waals surface area contributed by atoms with Gasteiger partial charge in [-0.2, -0.15) is 10.2 Å². The number of morpholine rings is 1. The number of hydrogen-bond donors (Lipinski definition) is 1. The lowest BCUT2D eigenvalue weighted by Crippen LogP contribution is -2.48. The van der Waals surface area contributed by atoms with Crippen LogP contribution >= 0.6 is 0 Å². The summed E-state index contributed by atoms with van der Waals surface area (Å²) in [5.41, 5.74) is 2.30. The van der Waals surface area contributed by atoms with Crippen molar-refractivity contribution in [2.45, 2.75) is 26.0 Å². The van der Waals surface area contributed by atoms with Crippen LogP contribution in [0.5, 0.6) is 0 Å². The molecule has 0 aromatic carbocycles. The fourth-order valence-corrected chi connectivity index (χ4v) is 3.01. The van der Waals surface area contributed by atoms with Crippen molar-refractivity contribution in [2.75, 3.05) is 33.3 Å². The molecule has 0 spiro atoms. The number of aromatic nitrogens is 4. The molecule has 0 bridgehead atoms. The number of nitrogens with one attached hydrogen (secondary N) is 1. The first kappa shape index (κ1) is 17.5. The van der Waals surface area contributed by atoms with E-state index in [4.69, 9.17) is 4.74 Å². The first-order valence-electron chi connectivity index (χ1n) is 8.70. The van der Waals surface area contributed by atoms with Crippen LogP contribution in [0.25, 0.3) is 0 Å². The minimum absolute atomic E-state index is 0.0352. The second-order valence-corrected chi connectivity index (χ2v) is 6.36. The van der Waals surface area contributed by atoms with Crippen molar-refractivity contribution in [2.24, 2.45) is 12.0 Å². The predicted molar refractivity (Wildman–Crippen MR) is 96.4 cm³/mol. The molecule has 136 valence electrons. The van der Waals surface area contributed by atoms with Crippen molar-refractivity contribution in [1.82, 2.24) is 29.8 Å². The highest BCUT2D eigenvalue weighted by Gasteiger charge is 2.24. The highest BCUT2D eigenvalue weighted by Crippen LogP contribution is 2.21. The topological polar surface area (TPSA) is 72.5 Å². The molecule has 1 saturated heterocycles. The Labute approximate surface area is 148 Å². The Morgan fingerprint density at radius 2 is 2.24 bits per heavy atom. The van der Waals surface area contributed by atoms with Crippen molar-refractivity contribution in [3.63, 3.8) is 0 Å². The standard InChI is InChI=1S/C17H27N7O/c1-14-9-21-24(11-14)6-4-5-19-17(18-2)23-7-8-25-16(13-23)15-10-20-22(3)12-15/h9-12,16H,4-8,13H2,1-3H3,(H,18,19). The fourth-order valence-electron chi connectivity index (χ4n) is 3.01. The SMILES string of the molecule is CN=C(NCCCn1cc(C)cn1)N1CCOC(c2cnn(C)c2)C1. The Morgan fingerprint density at radius 3 is 2.92 bits per heavy atom. The summed E-state index contributed by atoms with van der Waals surface area (Å²) in [4.78, 5) is 6.68. The molecule has 3 heterocycles. The van der Waals surface area contributed by atoms with Crippen molar-refractivity contribution in [3.05, 3.63) is 35.9 Å². The smallest absolute Gasteiger partial charge is 0.193 e. The van der Waals surface area contributed by atoms with Gasteiger partial charge in [-0.05, 0) is 18.9 Å². The van der Waals surface area contributed by atoms with Gasteiger partial charge in [-0.25, -0.2) is 0 Å². The number of nitrogens with zero attached hydrogens (tertiary/aromatic N) is 6. The molecule has 8 nitrogen and oxygen atoms in total. The second-order valence-electron chi connectivity index (χ2n) is 6.36. The zero-order chi connectivity index (χ0) is 17.6. The Hall–Kier alpha value is -2.35. The van der Waals surface area contributed by atoms with Gasteiger partial charge in [0.2, 0.25) is 0 Å². The molecule has 3 rings (SSSR count). The molecule has 1 unspecified atom stereocenters. The molecule has 8 heteroatoms. The van der Waals surface area contributed by atoms with Crippen LogP contribution in [0.4, 0.5) is 0 Å². The highest BCUT2D eigenvalue weighted by atomic mass is 16.5. The number of ether oxygens (including phenoxy) is 1. The number of hydrogen-bond acceptors (Lipinski definition) is 4. The summed E-state index contributed by atoms with van der Waals surface area (Å²) in [5, 5.41) is 12.0. The Kier molecular flexibility index (Phi) is 5.70. The maximum atomic E-state index is 5.90. The molecule has 2 aromatic heterocycles. The lowest BCUT2D eigenvalue weighted by atomic mass is 10.1. The lowest BCUT2D eigenvalue weighted by Gasteiger charge is -2.34. The Morgan fingerprint density at radius 1 is 1.36 bits per heavy atom. The quantitative estimate of drug-likeness (QED) is 0.496. The van der Waals surface area contributed by atoms with Gasteiger partial charge in [-0.3, -0.25) is 14.4 Å². The van der Waals surface area contributed by atoms with E-state index in [-0.39, 0.29) is 6.10 Å². The average molecular weight is 345 g/mol. The van der Waals surface area contributed by atoms with Crippen LogP contribution in [-0.2, 0) is 18.3 Å². The third-order valence-corrected chi connectivity index (χ3v) is 4.28. The molecule has 0 saturated carbocycles. The summed E-state index contributed by atoms with van der Waals surface area (Å²) in [6.07, 6.45) is 8.87. The molecule has 1 N–H and O–H groups in total. The fraction of sp³-hybridized carbons (Fsp3) is 0.588. The first-order valence-corrected chi connectivity index (χ1v) is 8.70. The van der Waals surface area contributed by atoms with Gasteiger partial charge in [-0.15, -0.1) is 0 Å². The zero-order valence-electron chi connectivity index (χ0n) is 15.2. The molecule has 25 heavy (non-hydrogen) atoms. The summed E-state index contributed by atoms with van der Waals surface area (Å²) in [5.74, 6) is 0.925. The van der Waals surface area contributed by atoms with E-state index >= 15 is 0 Å². The zero-order valence-corrected chi connectivity index (χ0v) is 15.2. The highest BCUT2D eigenvalue weighted by molar-refractivity contribution is 5.80. The molecule has 1 aliphatic rings.